The second kappa shape index (κ2) is 4.75. The van der Waals surface area contributed by atoms with E-state index in [9.17, 15) is 0 Å². The van der Waals surface area contributed by atoms with Crippen molar-refractivity contribution in [2.24, 2.45) is 4.99 Å². The molecule has 1 rings (SSSR count). The van der Waals surface area contributed by atoms with Gasteiger partial charge < -0.3 is 4.90 Å². The van der Waals surface area contributed by atoms with Gasteiger partial charge in [0.25, 0.3) is 0 Å². The standard InChI is InChI=1S/C7H11N3S2/c1-10(2)6-3-11-7(9-5-8)12-4-6/h6H,3-4H2,1-2H3. The third-order valence-electron chi connectivity index (χ3n) is 1.67. The van der Waals surface area contributed by atoms with Crippen LogP contribution < -0.4 is 0 Å². The molecule has 0 aromatic rings. The number of nitrogens with zero attached hydrogens (tertiary/aromatic N) is 3. The molecule has 0 aliphatic carbocycles. The van der Waals surface area contributed by atoms with Crippen LogP contribution in [0, 0.1) is 11.5 Å². The van der Waals surface area contributed by atoms with Crippen molar-refractivity contribution in [1.29, 1.82) is 5.26 Å². The summed E-state index contributed by atoms with van der Waals surface area (Å²) in [6.45, 7) is 0. The van der Waals surface area contributed by atoms with E-state index in [0.717, 1.165) is 15.9 Å². The van der Waals surface area contributed by atoms with E-state index >= 15 is 0 Å². The smallest absolute Gasteiger partial charge is 0.207 e. The Balaban J connectivity index is 2.41. The van der Waals surface area contributed by atoms with E-state index in [0.29, 0.717) is 6.04 Å². The maximum absolute atomic E-state index is 8.32. The lowest BCUT2D eigenvalue weighted by molar-refractivity contribution is 0.345. The fourth-order valence-electron chi connectivity index (χ4n) is 0.828. The summed E-state index contributed by atoms with van der Waals surface area (Å²) >= 11 is 3.35. The highest BCUT2D eigenvalue weighted by Crippen LogP contribution is 2.26. The van der Waals surface area contributed by atoms with Gasteiger partial charge in [-0.25, -0.2) is 0 Å². The monoisotopic (exact) mass is 201 g/mol. The van der Waals surface area contributed by atoms with Gasteiger partial charge in [0.1, 0.15) is 4.38 Å². The molecule has 0 spiro atoms. The molecule has 0 aromatic heterocycles. The van der Waals surface area contributed by atoms with Crippen LogP contribution in [0.25, 0.3) is 0 Å². The number of hydrogen-bond donors (Lipinski definition) is 0. The van der Waals surface area contributed by atoms with Crippen LogP contribution in [0.2, 0.25) is 0 Å². The summed E-state index contributed by atoms with van der Waals surface area (Å²) in [5.74, 6) is 2.08. The number of hydrogen-bond acceptors (Lipinski definition) is 5. The SMILES string of the molecule is CN(C)C1CSC(=NC#N)SC1. The summed E-state index contributed by atoms with van der Waals surface area (Å²) in [4.78, 5) is 5.92. The Kier molecular flexibility index (Phi) is 3.92. The topological polar surface area (TPSA) is 39.4 Å². The normalized spacial score (nSPS) is 23.8. The highest BCUT2D eigenvalue weighted by Gasteiger charge is 2.19. The molecule has 0 N–H and O–H groups in total. The summed E-state index contributed by atoms with van der Waals surface area (Å²) < 4.78 is 0.913. The van der Waals surface area contributed by atoms with Crippen LogP contribution >= 0.6 is 23.5 Å². The fraction of sp³-hybridized carbons (Fsp3) is 0.714. The molecule has 0 unspecified atom stereocenters. The minimum absolute atomic E-state index is 0.609. The Morgan fingerprint density at radius 3 is 2.50 bits per heavy atom. The summed E-state index contributed by atoms with van der Waals surface area (Å²) in [5.41, 5.74) is 0. The van der Waals surface area contributed by atoms with Crippen molar-refractivity contribution in [3.63, 3.8) is 0 Å². The maximum Gasteiger partial charge on any atom is 0.207 e. The quantitative estimate of drug-likeness (QED) is 0.598. The molecule has 12 heavy (non-hydrogen) atoms. The summed E-state index contributed by atoms with van der Waals surface area (Å²) in [6.07, 6.45) is 1.81. The van der Waals surface area contributed by atoms with E-state index in [4.69, 9.17) is 5.26 Å². The zero-order chi connectivity index (χ0) is 8.97. The van der Waals surface area contributed by atoms with Crippen molar-refractivity contribution in [3.8, 4) is 6.19 Å². The third-order valence-corrected chi connectivity index (χ3v) is 4.16. The van der Waals surface area contributed by atoms with E-state index in [1.165, 1.54) is 0 Å². The van der Waals surface area contributed by atoms with Crippen LogP contribution in [-0.2, 0) is 0 Å². The van der Waals surface area contributed by atoms with Gasteiger partial charge in [0.2, 0.25) is 6.19 Å². The first kappa shape index (κ1) is 9.90. The van der Waals surface area contributed by atoms with Gasteiger partial charge in [0, 0.05) is 17.5 Å². The van der Waals surface area contributed by atoms with Gasteiger partial charge in [-0.1, -0.05) is 23.5 Å². The van der Waals surface area contributed by atoms with Crippen LogP contribution in [0.1, 0.15) is 0 Å². The lowest BCUT2D eigenvalue weighted by Crippen LogP contribution is -2.35. The largest absolute Gasteiger partial charge is 0.305 e. The number of rotatable bonds is 1. The van der Waals surface area contributed by atoms with Gasteiger partial charge in [0.05, 0.1) is 0 Å². The van der Waals surface area contributed by atoms with Crippen molar-refractivity contribution in [2.75, 3.05) is 25.6 Å². The zero-order valence-corrected chi connectivity index (χ0v) is 8.78. The Hall–Kier alpha value is -0.180. The van der Waals surface area contributed by atoms with Crippen LogP contribution in [0.3, 0.4) is 0 Å². The van der Waals surface area contributed by atoms with Gasteiger partial charge >= 0.3 is 0 Å². The summed E-state index contributed by atoms with van der Waals surface area (Å²) in [7, 11) is 4.16. The zero-order valence-electron chi connectivity index (χ0n) is 7.15. The number of thioether (sulfide) groups is 2. The second-order valence-electron chi connectivity index (χ2n) is 2.72. The average molecular weight is 201 g/mol. The Morgan fingerprint density at radius 2 is 2.08 bits per heavy atom. The molecule has 1 aliphatic heterocycles. The average Bonchev–Trinajstić information content (AvgIpc) is 2.06. The minimum atomic E-state index is 0.609. The van der Waals surface area contributed by atoms with Gasteiger partial charge in [0.15, 0.2) is 0 Å². The van der Waals surface area contributed by atoms with E-state index in [1.807, 2.05) is 6.19 Å². The van der Waals surface area contributed by atoms with Gasteiger partial charge in [-0.2, -0.15) is 10.3 Å². The number of aliphatic imine (C=N–C) groups is 1. The molecule has 0 amide bonds. The van der Waals surface area contributed by atoms with Crippen LogP contribution in [0.15, 0.2) is 4.99 Å². The van der Waals surface area contributed by atoms with E-state index in [1.54, 1.807) is 23.5 Å². The highest BCUT2D eigenvalue weighted by molar-refractivity contribution is 8.39. The second-order valence-corrected chi connectivity index (χ2v) is 4.99. The molecule has 5 heteroatoms. The lowest BCUT2D eigenvalue weighted by Gasteiger charge is -2.27. The first-order valence-corrected chi connectivity index (χ1v) is 5.60. The summed E-state index contributed by atoms with van der Waals surface area (Å²) in [5, 5.41) is 8.32. The van der Waals surface area contributed by atoms with Crippen molar-refractivity contribution in [1.82, 2.24) is 4.90 Å². The van der Waals surface area contributed by atoms with Crippen molar-refractivity contribution < 1.29 is 0 Å². The summed E-state index contributed by atoms with van der Waals surface area (Å²) in [6, 6.07) is 0.609. The lowest BCUT2D eigenvalue weighted by atomic mass is 10.4. The fourth-order valence-corrected chi connectivity index (χ4v) is 3.43. The molecule has 1 aliphatic rings. The molecular weight excluding hydrogens is 190 g/mol. The predicted octanol–water partition coefficient (Wildman–Crippen LogP) is 1.23. The molecule has 0 radical (unpaired) electrons. The maximum atomic E-state index is 8.32. The number of nitriles is 1. The van der Waals surface area contributed by atoms with Crippen LogP contribution in [0.4, 0.5) is 0 Å². The Bertz CT molecular complexity index is 209. The minimum Gasteiger partial charge on any atom is -0.305 e. The van der Waals surface area contributed by atoms with Gasteiger partial charge in [-0.3, -0.25) is 0 Å². The molecular formula is C7H11N3S2. The Labute approximate surface area is 81.2 Å². The molecule has 0 atom stereocenters. The molecule has 1 saturated heterocycles. The highest BCUT2D eigenvalue weighted by atomic mass is 32.2. The van der Waals surface area contributed by atoms with Gasteiger partial charge in [-0.05, 0) is 14.1 Å². The molecule has 66 valence electrons. The third kappa shape index (κ3) is 2.70. The van der Waals surface area contributed by atoms with Crippen LogP contribution in [-0.4, -0.2) is 40.9 Å². The first-order chi connectivity index (χ1) is 5.74. The van der Waals surface area contributed by atoms with Crippen molar-refractivity contribution in [2.45, 2.75) is 6.04 Å². The van der Waals surface area contributed by atoms with Crippen LogP contribution in [0.5, 0.6) is 0 Å². The molecule has 1 heterocycles. The Morgan fingerprint density at radius 1 is 1.50 bits per heavy atom. The van der Waals surface area contributed by atoms with E-state index in [-0.39, 0.29) is 0 Å². The van der Waals surface area contributed by atoms with E-state index in [2.05, 4.69) is 24.0 Å². The van der Waals surface area contributed by atoms with Crippen molar-refractivity contribution in [3.05, 3.63) is 0 Å². The molecule has 1 fully saturated rings. The van der Waals surface area contributed by atoms with Crippen molar-refractivity contribution >= 4 is 27.9 Å². The molecule has 0 bridgehead atoms. The molecule has 3 nitrogen and oxygen atoms in total. The molecule has 0 aromatic carbocycles. The van der Waals surface area contributed by atoms with E-state index < -0.39 is 0 Å². The predicted molar refractivity (Wildman–Crippen MR) is 55.4 cm³/mol. The first-order valence-electron chi connectivity index (χ1n) is 3.63. The molecule has 0 saturated carbocycles. The van der Waals surface area contributed by atoms with Gasteiger partial charge in [-0.15, -0.1) is 0 Å².